The zero-order valence-electron chi connectivity index (χ0n) is 16.4. The quantitative estimate of drug-likeness (QED) is 0.318. The molecule has 1 saturated heterocycles. The van der Waals surface area contributed by atoms with Gasteiger partial charge in [-0.05, 0) is 53.0 Å². The summed E-state index contributed by atoms with van der Waals surface area (Å²) < 4.78 is 32.1. The van der Waals surface area contributed by atoms with Gasteiger partial charge in [-0.1, -0.05) is 11.6 Å². The van der Waals surface area contributed by atoms with Gasteiger partial charge in [0.1, 0.15) is 4.90 Å². The van der Waals surface area contributed by atoms with Crippen LogP contribution in [0.5, 0.6) is 0 Å². The number of esters is 1. The van der Waals surface area contributed by atoms with Crippen molar-refractivity contribution in [1.82, 2.24) is 4.31 Å². The average Bonchev–Trinajstić information content (AvgIpc) is 3.29. The van der Waals surface area contributed by atoms with Crippen LogP contribution in [-0.4, -0.2) is 49.2 Å². The van der Waals surface area contributed by atoms with Crippen molar-refractivity contribution in [2.24, 2.45) is 0 Å². The van der Waals surface area contributed by atoms with Gasteiger partial charge in [0.15, 0.2) is 6.61 Å². The molecule has 2 aromatic rings. The molecule has 3 rings (SSSR count). The number of amides is 1. The summed E-state index contributed by atoms with van der Waals surface area (Å²) in [5, 5.41) is 13.2. The van der Waals surface area contributed by atoms with Crippen molar-refractivity contribution in [3.63, 3.8) is 0 Å². The number of non-ortho nitro benzene ring substituents is 1. The Bertz CT molecular complexity index is 1180. The lowest BCUT2D eigenvalue weighted by Crippen LogP contribution is -2.28. The number of nitro groups is 1. The normalized spacial score (nSPS) is 14.2. The Balaban J connectivity index is 1.66. The summed E-state index contributed by atoms with van der Waals surface area (Å²) in [5.41, 5.74) is 0.0161. The molecule has 1 heterocycles. The molecule has 32 heavy (non-hydrogen) atoms. The van der Waals surface area contributed by atoms with Crippen molar-refractivity contribution in [2.45, 2.75) is 17.7 Å². The fraction of sp³-hybridized carbons (Fsp3) is 0.263. The number of carbonyl (C=O) groups excluding carboxylic acids is 2. The number of ether oxygens (including phenoxy) is 1. The third-order valence-corrected chi connectivity index (χ3v) is 7.66. The number of hydrogen-bond donors (Lipinski definition) is 1. The van der Waals surface area contributed by atoms with Gasteiger partial charge in [-0.25, -0.2) is 13.2 Å². The van der Waals surface area contributed by atoms with Gasteiger partial charge in [-0.3, -0.25) is 14.9 Å². The molecule has 0 bridgehead atoms. The first-order chi connectivity index (χ1) is 15.1. The molecule has 0 unspecified atom stereocenters. The van der Waals surface area contributed by atoms with Crippen LogP contribution in [0.15, 0.2) is 45.8 Å². The van der Waals surface area contributed by atoms with Crippen LogP contribution in [0.25, 0.3) is 0 Å². The third-order valence-electron chi connectivity index (χ3n) is 4.62. The summed E-state index contributed by atoms with van der Waals surface area (Å²) in [6.45, 7) is 0.108. The fourth-order valence-electron chi connectivity index (χ4n) is 3.02. The van der Waals surface area contributed by atoms with E-state index in [2.05, 4.69) is 21.2 Å². The zero-order valence-corrected chi connectivity index (χ0v) is 19.6. The van der Waals surface area contributed by atoms with Crippen LogP contribution >= 0.6 is 27.5 Å². The fourth-order valence-corrected chi connectivity index (χ4v) is 5.50. The van der Waals surface area contributed by atoms with Crippen molar-refractivity contribution >= 4 is 60.8 Å². The molecule has 1 N–H and O–H groups in total. The van der Waals surface area contributed by atoms with Crippen molar-refractivity contribution in [3.8, 4) is 0 Å². The minimum Gasteiger partial charge on any atom is -0.452 e. The van der Waals surface area contributed by atoms with E-state index < -0.39 is 33.4 Å². The van der Waals surface area contributed by atoms with E-state index in [1.807, 2.05) is 0 Å². The second-order valence-electron chi connectivity index (χ2n) is 6.80. The molecule has 10 nitrogen and oxygen atoms in total. The predicted octanol–water partition coefficient (Wildman–Crippen LogP) is 3.59. The van der Waals surface area contributed by atoms with Crippen molar-refractivity contribution < 1.29 is 27.7 Å². The molecule has 0 radical (unpaired) electrons. The van der Waals surface area contributed by atoms with Crippen LogP contribution in [0.2, 0.25) is 5.02 Å². The molecule has 2 aromatic carbocycles. The van der Waals surface area contributed by atoms with E-state index in [4.69, 9.17) is 16.3 Å². The van der Waals surface area contributed by atoms with Gasteiger partial charge >= 0.3 is 5.97 Å². The Labute approximate surface area is 196 Å². The number of sulfonamides is 1. The molecule has 1 aliphatic rings. The first-order valence-corrected chi connectivity index (χ1v) is 11.9. The first-order valence-electron chi connectivity index (χ1n) is 9.30. The van der Waals surface area contributed by atoms with E-state index in [1.54, 1.807) is 0 Å². The number of hydrogen-bond acceptors (Lipinski definition) is 7. The number of anilines is 1. The summed E-state index contributed by atoms with van der Waals surface area (Å²) in [7, 11) is -3.85. The second kappa shape index (κ2) is 9.94. The topological polar surface area (TPSA) is 136 Å². The zero-order chi connectivity index (χ0) is 23.5. The van der Waals surface area contributed by atoms with Crippen LogP contribution in [0.4, 0.5) is 11.4 Å². The van der Waals surface area contributed by atoms with Crippen LogP contribution < -0.4 is 5.32 Å². The van der Waals surface area contributed by atoms with Gasteiger partial charge in [-0.15, -0.1) is 0 Å². The summed E-state index contributed by atoms with van der Waals surface area (Å²) in [5.74, 6) is -1.59. The van der Waals surface area contributed by atoms with Crippen molar-refractivity contribution in [1.29, 1.82) is 0 Å². The molecule has 0 spiro atoms. The summed E-state index contributed by atoms with van der Waals surface area (Å²) in [6, 6.07) is 7.48. The number of nitro benzene ring substituents is 1. The summed E-state index contributed by atoms with van der Waals surface area (Å²) in [4.78, 5) is 34.5. The minimum absolute atomic E-state index is 0.0192. The number of nitrogens with zero attached hydrogens (tertiary/aromatic N) is 2. The number of benzene rings is 2. The molecule has 1 fully saturated rings. The van der Waals surface area contributed by atoms with Crippen molar-refractivity contribution in [3.05, 3.63) is 61.6 Å². The number of carbonyl (C=O) groups is 2. The Morgan fingerprint density at radius 2 is 1.88 bits per heavy atom. The molecule has 0 aliphatic carbocycles. The van der Waals surface area contributed by atoms with E-state index in [-0.39, 0.29) is 31.3 Å². The maximum Gasteiger partial charge on any atom is 0.338 e. The molecular formula is C19H17BrClN3O7S. The molecule has 0 atom stereocenters. The standard InChI is InChI=1S/C19H17BrClN3O7S/c20-14-10-13(24(27)28)4-6-16(14)22-18(25)11-31-19(26)12-3-5-15(21)17(9-12)32(29,30)23-7-1-2-8-23/h3-6,9-10H,1-2,7-8,11H2,(H,22,25). The van der Waals surface area contributed by atoms with Crippen LogP contribution in [-0.2, 0) is 19.6 Å². The van der Waals surface area contributed by atoms with Crippen molar-refractivity contribution in [2.75, 3.05) is 25.0 Å². The van der Waals surface area contributed by atoms with Crippen LogP contribution in [0.1, 0.15) is 23.2 Å². The van der Waals surface area contributed by atoms with Crippen LogP contribution in [0.3, 0.4) is 0 Å². The molecule has 13 heteroatoms. The molecule has 1 aliphatic heterocycles. The van der Waals surface area contributed by atoms with Gasteiger partial charge in [0.2, 0.25) is 10.0 Å². The maximum atomic E-state index is 12.8. The van der Waals surface area contributed by atoms with Crippen LogP contribution in [0, 0.1) is 10.1 Å². The van der Waals surface area contributed by atoms with E-state index in [1.165, 1.54) is 34.6 Å². The highest BCUT2D eigenvalue weighted by Crippen LogP contribution is 2.29. The minimum atomic E-state index is -3.85. The van der Waals surface area contributed by atoms with E-state index >= 15 is 0 Å². The SMILES string of the molecule is O=C(COC(=O)c1ccc(Cl)c(S(=O)(=O)N2CCCC2)c1)Nc1ccc([N+](=O)[O-])cc1Br. The molecular weight excluding hydrogens is 530 g/mol. The summed E-state index contributed by atoms with van der Waals surface area (Å²) >= 11 is 9.18. The average molecular weight is 547 g/mol. The highest BCUT2D eigenvalue weighted by molar-refractivity contribution is 9.10. The Hall–Kier alpha value is -2.54. The van der Waals surface area contributed by atoms with Gasteiger partial charge in [0.05, 0.1) is 21.2 Å². The van der Waals surface area contributed by atoms with Gasteiger partial charge in [0, 0.05) is 29.7 Å². The smallest absolute Gasteiger partial charge is 0.338 e. The van der Waals surface area contributed by atoms with Gasteiger partial charge < -0.3 is 10.1 Å². The summed E-state index contributed by atoms with van der Waals surface area (Å²) in [6.07, 6.45) is 1.50. The van der Waals surface area contributed by atoms with Gasteiger partial charge in [-0.2, -0.15) is 4.31 Å². The molecule has 1 amide bonds. The largest absolute Gasteiger partial charge is 0.452 e. The second-order valence-corrected chi connectivity index (χ2v) is 9.97. The van der Waals surface area contributed by atoms with E-state index in [9.17, 15) is 28.1 Å². The molecule has 0 saturated carbocycles. The highest BCUT2D eigenvalue weighted by Gasteiger charge is 2.30. The Kier molecular flexibility index (Phi) is 7.49. The lowest BCUT2D eigenvalue weighted by atomic mass is 10.2. The maximum absolute atomic E-state index is 12.8. The lowest BCUT2D eigenvalue weighted by molar-refractivity contribution is -0.384. The predicted molar refractivity (Wildman–Crippen MR) is 119 cm³/mol. The Morgan fingerprint density at radius 1 is 1.19 bits per heavy atom. The molecule has 0 aromatic heterocycles. The number of rotatable bonds is 7. The monoisotopic (exact) mass is 545 g/mol. The highest BCUT2D eigenvalue weighted by atomic mass is 79.9. The van der Waals surface area contributed by atoms with E-state index in [0.29, 0.717) is 13.1 Å². The lowest BCUT2D eigenvalue weighted by Gasteiger charge is -2.17. The third kappa shape index (κ3) is 5.44. The van der Waals surface area contributed by atoms with Gasteiger partial charge in [0.25, 0.3) is 11.6 Å². The van der Waals surface area contributed by atoms with E-state index in [0.717, 1.165) is 18.9 Å². The number of nitrogens with one attached hydrogen (secondary N) is 1. The number of halogens is 2. The first kappa shape index (κ1) is 24.1. The Morgan fingerprint density at radius 3 is 2.50 bits per heavy atom. The molecule has 170 valence electrons.